The van der Waals surface area contributed by atoms with Gasteiger partial charge in [-0.25, -0.2) is 4.79 Å². The maximum Gasteiger partial charge on any atom is 0.335 e. The van der Waals surface area contributed by atoms with Gasteiger partial charge in [-0.3, -0.25) is 9.69 Å². The van der Waals surface area contributed by atoms with Crippen molar-refractivity contribution in [2.75, 3.05) is 13.2 Å². The van der Waals surface area contributed by atoms with Gasteiger partial charge < -0.3 is 9.84 Å². The van der Waals surface area contributed by atoms with Crippen molar-refractivity contribution in [1.29, 1.82) is 0 Å². The topological polar surface area (TPSA) is 66.8 Å². The van der Waals surface area contributed by atoms with Gasteiger partial charge in [0.25, 0.3) is 0 Å². The van der Waals surface area contributed by atoms with Crippen molar-refractivity contribution in [1.82, 2.24) is 4.90 Å². The van der Waals surface area contributed by atoms with Crippen molar-refractivity contribution in [3.63, 3.8) is 0 Å². The minimum absolute atomic E-state index is 0.0331. The number of hydrogen-bond donors (Lipinski definition) is 1. The SMILES string of the molecule is CC(=O)[C@H]1Cc2ccccc2CN1CCOc1ccccc1.CCc1ccc(C(=O)O)cc1. The summed E-state index contributed by atoms with van der Waals surface area (Å²) in [7, 11) is 0. The van der Waals surface area contributed by atoms with Crippen LogP contribution in [0.4, 0.5) is 0 Å². The molecular formula is C28H31NO4. The summed E-state index contributed by atoms with van der Waals surface area (Å²) >= 11 is 0. The Morgan fingerprint density at radius 1 is 0.939 bits per heavy atom. The van der Waals surface area contributed by atoms with E-state index in [1.54, 1.807) is 19.1 Å². The van der Waals surface area contributed by atoms with Crippen LogP contribution in [0.1, 0.15) is 40.9 Å². The van der Waals surface area contributed by atoms with E-state index < -0.39 is 5.97 Å². The third kappa shape index (κ3) is 7.02. The predicted molar refractivity (Wildman–Crippen MR) is 130 cm³/mol. The van der Waals surface area contributed by atoms with Gasteiger partial charge in [-0.2, -0.15) is 0 Å². The zero-order valence-corrected chi connectivity index (χ0v) is 19.2. The summed E-state index contributed by atoms with van der Waals surface area (Å²) in [5.74, 6) is 0.237. The van der Waals surface area contributed by atoms with Gasteiger partial charge in [-0.1, -0.05) is 61.5 Å². The van der Waals surface area contributed by atoms with Crippen molar-refractivity contribution in [3.05, 3.63) is 101 Å². The van der Waals surface area contributed by atoms with Gasteiger partial charge in [-0.05, 0) is 60.7 Å². The first-order chi connectivity index (χ1) is 16.0. The highest BCUT2D eigenvalue weighted by molar-refractivity contribution is 5.87. The fraction of sp³-hybridized carbons (Fsp3) is 0.286. The third-order valence-electron chi connectivity index (χ3n) is 5.81. The fourth-order valence-corrected chi connectivity index (χ4v) is 3.89. The van der Waals surface area contributed by atoms with Crippen molar-refractivity contribution < 1.29 is 19.4 Å². The van der Waals surface area contributed by atoms with Crippen LogP contribution < -0.4 is 4.74 Å². The summed E-state index contributed by atoms with van der Waals surface area (Å²) in [4.78, 5) is 24.6. The van der Waals surface area contributed by atoms with Gasteiger partial charge in [0.2, 0.25) is 0 Å². The zero-order chi connectivity index (χ0) is 23.6. The maximum absolute atomic E-state index is 12.0. The standard InChI is InChI=1S/C19H21NO2.C9H10O2/c1-15(21)19-13-16-7-5-6-8-17(16)14-20(19)11-12-22-18-9-3-2-4-10-18;1-2-7-3-5-8(6-4-7)9(10)11/h2-10,19H,11-14H2,1H3;3-6H,2H2,1H3,(H,10,11)/t19-;/m1./s1. The molecule has 0 aliphatic carbocycles. The molecule has 5 nitrogen and oxygen atoms in total. The molecule has 5 heteroatoms. The summed E-state index contributed by atoms with van der Waals surface area (Å²) in [6.45, 7) is 5.89. The van der Waals surface area contributed by atoms with E-state index in [0.717, 1.165) is 37.2 Å². The second kappa shape index (κ2) is 12.0. The molecule has 0 radical (unpaired) electrons. The lowest BCUT2D eigenvalue weighted by Crippen LogP contribution is -2.46. The van der Waals surface area contributed by atoms with Crippen molar-refractivity contribution in [2.24, 2.45) is 0 Å². The van der Waals surface area contributed by atoms with E-state index in [9.17, 15) is 9.59 Å². The molecule has 0 saturated carbocycles. The zero-order valence-electron chi connectivity index (χ0n) is 19.2. The van der Waals surface area contributed by atoms with Crippen molar-refractivity contribution in [2.45, 2.75) is 39.3 Å². The number of benzene rings is 3. The highest BCUT2D eigenvalue weighted by atomic mass is 16.5. The second-order valence-corrected chi connectivity index (χ2v) is 8.09. The average Bonchev–Trinajstić information content (AvgIpc) is 2.84. The number of aryl methyl sites for hydroxylation is 1. The van der Waals surface area contributed by atoms with Crippen molar-refractivity contribution in [3.8, 4) is 5.75 Å². The van der Waals surface area contributed by atoms with Crippen LogP contribution in [-0.4, -0.2) is 41.0 Å². The van der Waals surface area contributed by atoms with Crippen LogP contribution in [0.25, 0.3) is 0 Å². The molecule has 1 heterocycles. The van der Waals surface area contributed by atoms with Gasteiger partial charge in [-0.15, -0.1) is 0 Å². The average molecular weight is 446 g/mol. The summed E-state index contributed by atoms with van der Waals surface area (Å²) in [6.07, 6.45) is 1.75. The van der Waals surface area contributed by atoms with Crippen molar-refractivity contribution >= 4 is 11.8 Å². The first-order valence-corrected chi connectivity index (χ1v) is 11.3. The number of para-hydroxylation sites is 1. The minimum Gasteiger partial charge on any atom is -0.492 e. The number of carboxylic acid groups (broad SMARTS) is 1. The van der Waals surface area contributed by atoms with Crippen LogP contribution in [0.5, 0.6) is 5.75 Å². The highest BCUT2D eigenvalue weighted by Gasteiger charge is 2.28. The molecule has 0 unspecified atom stereocenters. The van der Waals surface area contributed by atoms with Gasteiger partial charge in [0, 0.05) is 13.1 Å². The maximum atomic E-state index is 12.0. The molecule has 1 atom stereocenters. The Bertz CT molecular complexity index is 1050. The van der Waals surface area contributed by atoms with E-state index in [1.165, 1.54) is 11.1 Å². The molecule has 3 aromatic carbocycles. The molecule has 0 aromatic heterocycles. The first-order valence-electron chi connectivity index (χ1n) is 11.3. The number of ether oxygens (including phenoxy) is 1. The molecule has 0 fully saturated rings. The number of aromatic carboxylic acids is 1. The number of rotatable bonds is 7. The first kappa shape index (κ1) is 24.2. The lowest BCUT2D eigenvalue weighted by atomic mass is 9.92. The van der Waals surface area contributed by atoms with E-state index in [1.807, 2.05) is 55.5 Å². The Morgan fingerprint density at radius 3 is 2.18 bits per heavy atom. The fourth-order valence-electron chi connectivity index (χ4n) is 3.89. The van der Waals surface area contributed by atoms with E-state index >= 15 is 0 Å². The quantitative estimate of drug-likeness (QED) is 0.553. The molecule has 0 amide bonds. The van der Waals surface area contributed by atoms with Crippen LogP contribution in [0.2, 0.25) is 0 Å². The number of Topliss-reactive ketones (excluding diaryl/α,β-unsaturated/α-hetero) is 1. The number of nitrogens with zero attached hydrogens (tertiary/aromatic N) is 1. The van der Waals surface area contributed by atoms with Crippen LogP contribution in [0.3, 0.4) is 0 Å². The molecule has 4 rings (SSSR count). The number of carboxylic acids is 1. The van der Waals surface area contributed by atoms with Crippen LogP contribution >= 0.6 is 0 Å². The number of fused-ring (bicyclic) bond motifs is 1. The molecule has 172 valence electrons. The van der Waals surface area contributed by atoms with E-state index in [2.05, 4.69) is 23.1 Å². The molecule has 3 aromatic rings. The normalized spacial score (nSPS) is 15.0. The Kier molecular flexibility index (Phi) is 8.79. The monoisotopic (exact) mass is 445 g/mol. The summed E-state index contributed by atoms with van der Waals surface area (Å²) in [6, 6.07) is 25.1. The van der Waals surface area contributed by atoms with Gasteiger partial charge >= 0.3 is 5.97 Å². The summed E-state index contributed by atoms with van der Waals surface area (Å²) in [5, 5.41) is 8.55. The molecule has 1 aliphatic rings. The second-order valence-electron chi connectivity index (χ2n) is 8.09. The molecule has 0 saturated heterocycles. The van der Waals surface area contributed by atoms with E-state index in [-0.39, 0.29) is 11.8 Å². The molecule has 1 aliphatic heterocycles. The molecule has 1 N–H and O–H groups in total. The van der Waals surface area contributed by atoms with E-state index in [4.69, 9.17) is 9.84 Å². The Hall–Kier alpha value is -3.44. The van der Waals surface area contributed by atoms with Gasteiger partial charge in [0.1, 0.15) is 18.1 Å². The number of carbonyl (C=O) groups is 2. The largest absolute Gasteiger partial charge is 0.492 e. The number of carbonyl (C=O) groups excluding carboxylic acids is 1. The van der Waals surface area contributed by atoms with Gasteiger partial charge in [0.15, 0.2) is 0 Å². The lowest BCUT2D eigenvalue weighted by molar-refractivity contribution is -0.122. The molecule has 0 spiro atoms. The molecule has 33 heavy (non-hydrogen) atoms. The Balaban J connectivity index is 0.000000235. The van der Waals surface area contributed by atoms with Gasteiger partial charge in [0.05, 0.1) is 11.6 Å². The number of hydrogen-bond acceptors (Lipinski definition) is 4. The van der Waals surface area contributed by atoms with Crippen LogP contribution in [0, 0.1) is 0 Å². The molecule has 0 bridgehead atoms. The summed E-state index contributed by atoms with van der Waals surface area (Å²) < 4.78 is 5.77. The Labute approximate surface area is 195 Å². The van der Waals surface area contributed by atoms with Crippen LogP contribution in [-0.2, 0) is 24.2 Å². The highest BCUT2D eigenvalue weighted by Crippen LogP contribution is 2.23. The predicted octanol–water partition coefficient (Wildman–Crippen LogP) is 5.03. The van der Waals surface area contributed by atoms with E-state index in [0.29, 0.717) is 12.2 Å². The third-order valence-corrected chi connectivity index (χ3v) is 5.81. The summed E-state index contributed by atoms with van der Waals surface area (Å²) in [5.41, 5.74) is 4.12. The van der Waals surface area contributed by atoms with Crippen LogP contribution in [0.15, 0.2) is 78.9 Å². The lowest BCUT2D eigenvalue weighted by Gasteiger charge is -2.35. The Morgan fingerprint density at radius 2 is 1.58 bits per heavy atom. The minimum atomic E-state index is -0.868. The smallest absolute Gasteiger partial charge is 0.335 e. The molecular weight excluding hydrogens is 414 g/mol. The number of ketones is 1.